The van der Waals surface area contributed by atoms with Gasteiger partial charge in [0.25, 0.3) is 0 Å². The molecule has 1 N–H and O–H groups in total. The van der Waals surface area contributed by atoms with Crippen LogP contribution < -0.4 is 34.4 Å². The van der Waals surface area contributed by atoms with Crippen molar-refractivity contribution < 1.29 is 37.3 Å². The van der Waals surface area contributed by atoms with E-state index in [4.69, 9.17) is 38.9 Å². The number of amides is 2. The molecule has 20 nitrogen and oxygen atoms in total. The first-order valence-corrected chi connectivity index (χ1v) is 32.9. The number of aromatic nitrogens is 4. The second kappa shape index (κ2) is 29.6. The van der Waals surface area contributed by atoms with Crippen LogP contribution in [-0.2, 0) is 48.6 Å². The number of hydrogen-bond acceptors (Lipinski definition) is 18. The van der Waals surface area contributed by atoms with E-state index in [2.05, 4.69) is 116 Å². The third kappa shape index (κ3) is 14.9. The van der Waals surface area contributed by atoms with E-state index in [1.54, 1.807) is 9.80 Å². The van der Waals surface area contributed by atoms with Crippen LogP contribution in [0.3, 0.4) is 0 Å². The SMILES string of the molecule is CN1C[C@H](F)C[C@H]1COc1nc2c(c(N3CCN(C(=O)OCc4ccccc4)C(CC#N)C3)n1)CCN(c1cccc3ccccc13)C2.N#CCC1CN(c2nc(OC[C@@H]3C[C@@H](F)CN3)nc3c2CCN(c2cccc4ccccc24)C3)CCN1C(=O)OCc1ccccc1. The van der Waals surface area contributed by atoms with Gasteiger partial charge in [-0.25, -0.2) is 18.4 Å². The van der Waals surface area contributed by atoms with Crippen LogP contribution in [0.4, 0.5) is 41.4 Å². The third-order valence-electron chi connectivity index (χ3n) is 19.0. The molecule has 2 unspecified atom stereocenters. The quantitative estimate of drug-likeness (QED) is 0.0955. The number of alkyl halides is 2. The van der Waals surface area contributed by atoms with Crippen molar-refractivity contribution in [2.75, 3.05) is 105 Å². The molecule has 0 spiro atoms. The third-order valence-corrected chi connectivity index (χ3v) is 19.0. The molecule has 4 fully saturated rings. The minimum atomic E-state index is -0.884. The van der Waals surface area contributed by atoms with E-state index in [-0.39, 0.29) is 68.9 Å². The molecule has 0 bridgehead atoms. The number of ether oxygens (including phenoxy) is 4. The van der Waals surface area contributed by atoms with Gasteiger partial charge < -0.3 is 53.7 Å². The lowest BCUT2D eigenvalue weighted by atomic mass is 10.0. The number of nitrogens with one attached hydrogen (secondary N) is 1. The molecule has 4 saturated heterocycles. The second-order valence-electron chi connectivity index (χ2n) is 25.2. The van der Waals surface area contributed by atoms with E-state index in [0.29, 0.717) is 84.9 Å². The number of nitriles is 2. The Hall–Kier alpha value is -9.90. The molecule has 6 atom stereocenters. The number of nitrogens with zero attached hydrogens (tertiary/aromatic N) is 13. The van der Waals surface area contributed by atoms with Crippen molar-refractivity contribution in [2.24, 2.45) is 0 Å². The van der Waals surface area contributed by atoms with Crippen molar-refractivity contribution in [2.45, 2.75) is 101 Å². The summed E-state index contributed by atoms with van der Waals surface area (Å²) in [6.45, 7) is 7.03. The molecule has 14 rings (SSSR count). The fraction of sp³-hybridized carbons (Fsp3) is 0.397. The molecule has 0 saturated carbocycles. The van der Waals surface area contributed by atoms with Crippen molar-refractivity contribution in [3.05, 3.63) is 179 Å². The largest absolute Gasteiger partial charge is 0.462 e. The van der Waals surface area contributed by atoms with Gasteiger partial charge in [0, 0.05) is 111 Å². The maximum Gasteiger partial charge on any atom is 0.410 e. The first-order chi connectivity index (χ1) is 46.5. The molecule has 6 aliphatic rings. The summed E-state index contributed by atoms with van der Waals surface area (Å²) >= 11 is 0. The molecule has 490 valence electrons. The van der Waals surface area contributed by atoms with E-state index in [1.165, 1.54) is 21.5 Å². The fourth-order valence-corrected chi connectivity index (χ4v) is 14.0. The number of halogens is 2. The van der Waals surface area contributed by atoms with Gasteiger partial charge >= 0.3 is 24.2 Å². The summed E-state index contributed by atoms with van der Waals surface area (Å²) < 4.78 is 51.6. The van der Waals surface area contributed by atoms with Gasteiger partial charge in [0.2, 0.25) is 0 Å². The van der Waals surface area contributed by atoms with Crippen LogP contribution in [0.2, 0.25) is 0 Å². The lowest BCUT2D eigenvalue weighted by molar-refractivity contribution is 0.0760. The Labute approximate surface area is 552 Å². The summed E-state index contributed by atoms with van der Waals surface area (Å²) in [6, 6.07) is 52.7. The number of rotatable bonds is 16. The average Bonchev–Trinajstić information content (AvgIpc) is 1.10. The summed E-state index contributed by atoms with van der Waals surface area (Å²) in [7, 11) is 1.91. The highest BCUT2D eigenvalue weighted by Gasteiger charge is 2.38. The van der Waals surface area contributed by atoms with E-state index in [0.717, 1.165) is 82.6 Å². The molecule has 2 aromatic heterocycles. The van der Waals surface area contributed by atoms with Crippen LogP contribution in [0.5, 0.6) is 12.0 Å². The van der Waals surface area contributed by atoms with Crippen molar-refractivity contribution in [1.29, 1.82) is 10.5 Å². The molecule has 22 heteroatoms. The van der Waals surface area contributed by atoms with Gasteiger partial charge in [-0.2, -0.15) is 30.5 Å². The van der Waals surface area contributed by atoms with Crippen LogP contribution >= 0.6 is 0 Å². The Morgan fingerprint density at radius 1 is 0.526 bits per heavy atom. The first kappa shape index (κ1) is 63.8. The highest BCUT2D eigenvalue weighted by atomic mass is 19.1. The monoisotopic (exact) mass is 1280 g/mol. The van der Waals surface area contributed by atoms with Gasteiger partial charge in [-0.05, 0) is 66.8 Å². The van der Waals surface area contributed by atoms with Gasteiger partial charge in [0.1, 0.15) is 50.4 Å². The number of fused-ring (bicyclic) bond motifs is 4. The minimum absolute atomic E-state index is 0.0549. The summed E-state index contributed by atoms with van der Waals surface area (Å²) in [5.74, 6) is 1.54. The van der Waals surface area contributed by atoms with E-state index in [1.807, 2.05) is 78.7 Å². The summed E-state index contributed by atoms with van der Waals surface area (Å²) in [4.78, 5) is 60.4. The Bertz CT molecular complexity index is 4080. The molecule has 6 aromatic carbocycles. The maximum atomic E-state index is 14.1. The fourth-order valence-electron chi connectivity index (χ4n) is 14.0. The van der Waals surface area contributed by atoms with Crippen LogP contribution in [-0.4, -0.2) is 169 Å². The van der Waals surface area contributed by atoms with Crippen molar-refractivity contribution in [3.8, 4) is 24.2 Å². The summed E-state index contributed by atoms with van der Waals surface area (Å²) in [5, 5.41) is 27.3. The Morgan fingerprint density at radius 3 is 1.46 bits per heavy atom. The minimum Gasteiger partial charge on any atom is -0.462 e. The van der Waals surface area contributed by atoms with Crippen LogP contribution in [0.15, 0.2) is 146 Å². The Kier molecular flexibility index (Phi) is 19.9. The van der Waals surface area contributed by atoms with Crippen LogP contribution in [0.25, 0.3) is 21.5 Å². The van der Waals surface area contributed by atoms with Crippen molar-refractivity contribution >= 4 is 56.7 Å². The first-order valence-electron chi connectivity index (χ1n) is 32.9. The number of carbonyl (C=O) groups is 2. The van der Waals surface area contributed by atoms with Crippen molar-refractivity contribution in [3.63, 3.8) is 0 Å². The lowest BCUT2D eigenvalue weighted by Crippen LogP contribution is -2.55. The number of benzene rings is 6. The van der Waals surface area contributed by atoms with Gasteiger partial charge in [-0.15, -0.1) is 0 Å². The zero-order valence-corrected chi connectivity index (χ0v) is 53.4. The van der Waals surface area contributed by atoms with Gasteiger partial charge in [-0.1, -0.05) is 133 Å². The molecule has 95 heavy (non-hydrogen) atoms. The number of likely N-dealkylation sites (tertiary alicyclic amines) is 1. The van der Waals surface area contributed by atoms with E-state index >= 15 is 0 Å². The Morgan fingerprint density at radius 2 is 1.00 bits per heavy atom. The van der Waals surface area contributed by atoms with Gasteiger partial charge in [0.15, 0.2) is 0 Å². The van der Waals surface area contributed by atoms with E-state index < -0.39 is 24.5 Å². The zero-order chi connectivity index (χ0) is 65.2. The number of piperazine rings is 2. The highest BCUT2D eigenvalue weighted by molar-refractivity contribution is 5.95. The molecular weight excluding hydrogens is 1210 g/mol. The lowest BCUT2D eigenvalue weighted by Gasteiger charge is -2.42. The van der Waals surface area contributed by atoms with Gasteiger partial charge in [-0.3, -0.25) is 4.90 Å². The molecule has 0 aliphatic carbocycles. The highest BCUT2D eigenvalue weighted by Crippen LogP contribution is 2.38. The predicted molar refractivity (Wildman–Crippen MR) is 359 cm³/mol. The smallest absolute Gasteiger partial charge is 0.410 e. The van der Waals surface area contributed by atoms with Gasteiger partial charge in [0.05, 0.1) is 61.5 Å². The predicted octanol–water partition coefficient (Wildman–Crippen LogP) is 10.4. The number of hydrogen-bond donors (Lipinski definition) is 1. The molecule has 6 aliphatic heterocycles. The standard InChI is InChI=1S/C37H40FN7O3.C36H38FN7O3/c1-42-21-28(38)20-30(42)25-47-36-40-33-23-43(34-13-7-11-27-10-5-6-12-31(27)34)17-15-32(33)35(41-36)44-18-19-45(29(22-44)14-16-39)37(46)48-24-26-8-3-2-4-9-26;37-27-19-28(39-20-27)24-46-35-40-32-22-42(33-12-6-10-26-9-4-5-11-30(26)33)16-14-31(32)34(41-35)43-17-18-44(29(21-43)13-15-38)36(45)47-23-25-7-2-1-3-8-25/h2-13,28-30H,14-15,17-25H2,1H3;1-12,27-29,39H,13-14,16-24H2/t28-,29?,30+;27-,28+,29?/m11/s1. The van der Waals surface area contributed by atoms with Crippen molar-refractivity contribution in [1.82, 2.24) is 40.0 Å². The molecular formula is C73H78F2N14O6. The van der Waals surface area contributed by atoms with Crippen LogP contribution in [0.1, 0.15) is 59.3 Å². The normalized spacial score (nSPS) is 21.1. The number of likely N-dealkylation sites (N-methyl/N-ethyl adjacent to an activating group) is 1. The summed E-state index contributed by atoms with van der Waals surface area (Å²) in [5.41, 5.74) is 7.99. The molecule has 8 aromatic rings. The topological polar surface area (TPSA) is 205 Å². The maximum absolute atomic E-state index is 14.1. The second-order valence-corrected chi connectivity index (χ2v) is 25.2. The zero-order valence-electron chi connectivity index (χ0n) is 53.4. The number of carbonyl (C=O) groups excluding carboxylic acids is 2. The number of anilines is 4. The molecule has 8 heterocycles. The van der Waals surface area contributed by atoms with Crippen LogP contribution in [0, 0.1) is 22.7 Å². The molecule has 0 radical (unpaired) electrons. The molecule has 2 amide bonds. The summed E-state index contributed by atoms with van der Waals surface area (Å²) in [6.07, 6.45) is -0.00690. The Balaban J connectivity index is 0.000000172. The van der Waals surface area contributed by atoms with E-state index in [9.17, 15) is 28.9 Å². The average molecular weight is 1290 g/mol.